The number of carbonyl (C=O) groups excluding carboxylic acids is 3. The van der Waals surface area contributed by atoms with Crippen LogP contribution in [0, 0.1) is 15.9 Å². The molecule has 0 atom stereocenters. The first-order chi connectivity index (χ1) is 13.7. The number of ether oxygens (including phenoxy) is 1. The summed E-state index contributed by atoms with van der Waals surface area (Å²) in [5.41, 5.74) is 0.255. The molecule has 2 aromatic rings. The number of carboxylic acid groups (broad SMARTS) is 2. The molecule has 2 amide bonds. The van der Waals surface area contributed by atoms with Crippen molar-refractivity contribution in [3.05, 3.63) is 69.5 Å². The Morgan fingerprint density at radius 1 is 1.03 bits per heavy atom. The second-order valence-corrected chi connectivity index (χ2v) is 5.63. The van der Waals surface area contributed by atoms with Gasteiger partial charge in [-0.2, -0.15) is 0 Å². The number of hydrogen-bond acceptors (Lipinski definition) is 8. The zero-order chi connectivity index (χ0) is 21.6. The van der Waals surface area contributed by atoms with Crippen LogP contribution in [0.4, 0.5) is 14.9 Å². The van der Waals surface area contributed by atoms with E-state index in [1.807, 2.05) is 0 Å². The van der Waals surface area contributed by atoms with Crippen molar-refractivity contribution < 1.29 is 141 Å². The quantitative estimate of drug-likeness (QED) is 0.130. The van der Waals surface area contributed by atoms with E-state index in [1.54, 1.807) is 24.3 Å². The van der Waals surface area contributed by atoms with Crippen LogP contribution in [-0.4, -0.2) is 40.9 Å². The monoisotopic (exact) mass is 482 g/mol. The maximum atomic E-state index is 13.1. The topological polar surface area (TPSA) is 153 Å². The average molecular weight is 483 g/mol. The van der Waals surface area contributed by atoms with Crippen LogP contribution in [-0.2, 0) is 0 Å². The largest absolute Gasteiger partial charge is 1.00 e. The van der Waals surface area contributed by atoms with Gasteiger partial charge in [0.15, 0.2) is 5.75 Å². The first-order valence-corrected chi connectivity index (χ1v) is 8.12. The molecule has 0 spiro atoms. The number of benzene rings is 2. The first kappa shape index (κ1) is 30.3. The first-order valence-electron chi connectivity index (χ1n) is 8.12. The Labute approximate surface area is 260 Å². The summed E-state index contributed by atoms with van der Waals surface area (Å²) in [5, 5.41) is 27.6. The van der Waals surface area contributed by atoms with Crippen molar-refractivity contribution in [2.45, 2.75) is 6.42 Å². The zero-order valence-corrected chi connectivity index (χ0v) is 22.9. The van der Waals surface area contributed by atoms with Gasteiger partial charge in [-0.25, -0.2) is 4.39 Å². The Bertz CT molecular complexity index is 934. The molecule has 0 aromatic heterocycles. The van der Waals surface area contributed by atoms with Gasteiger partial charge in [-0.05, 0) is 36.8 Å². The van der Waals surface area contributed by atoms with E-state index >= 15 is 0 Å². The third-order valence-corrected chi connectivity index (χ3v) is 3.78. The molecule has 0 N–H and O–H groups in total. The zero-order valence-electron chi connectivity index (χ0n) is 16.7. The molecular weight excluding hydrogens is 469 g/mol. The maximum absolute atomic E-state index is 13.1. The second kappa shape index (κ2) is 14.4. The van der Waals surface area contributed by atoms with E-state index in [0.717, 1.165) is 17.0 Å². The average Bonchev–Trinajstić information content (AvgIpc) is 2.90. The third kappa shape index (κ3) is 8.60. The van der Waals surface area contributed by atoms with Crippen molar-refractivity contribution in [1.29, 1.82) is 0 Å². The molecule has 0 unspecified atom stereocenters. The fourth-order valence-corrected chi connectivity index (χ4v) is 2.60. The molecule has 0 fully saturated rings. The minimum atomic E-state index is -2.33. The molecule has 13 heteroatoms. The van der Waals surface area contributed by atoms with Gasteiger partial charge < -0.3 is 19.7 Å². The van der Waals surface area contributed by atoms with Crippen molar-refractivity contribution in [3.8, 4) is 5.75 Å². The van der Waals surface area contributed by atoms with Gasteiger partial charge in [-0.1, -0.05) is 12.1 Å². The Balaban J connectivity index is 0.00000138. The molecule has 2 aromatic carbocycles. The van der Waals surface area contributed by atoms with Gasteiger partial charge in [-0.3, -0.25) is 24.6 Å². The van der Waals surface area contributed by atoms with Crippen LogP contribution in [0.1, 0.15) is 27.1 Å². The van der Waals surface area contributed by atoms with Crippen molar-refractivity contribution in [3.63, 3.8) is 0 Å². The van der Waals surface area contributed by atoms with Crippen molar-refractivity contribution in [1.82, 2.24) is 4.90 Å². The fraction of sp³-hybridized carbons (Fsp3) is 0.167. The normalized spacial score (nSPS) is 11.3. The molecule has 1 aliphatic heterocycles. The molecule has 152 valence electrons. The summed E-state index contributed by atoms with van der Waals surface area (Å²) in [6.45, 7) is 0.168. The van der Waals surface area contributed by atoms with E-state index in [1.165, 1.54) is 6.07 Å². The van der Waals surface area contributed by atoms with E-state index < -0.39 is 22.6 Å². The second-order valence-electron chi connectivity index (χ2n) is 5.63. The number of rotatable bonds is 6. The van der Waals surface area contributed by atoms with Gasteiger partial charge in [-0.15, -0.1) is 0 Å². The standard InChI is InChI=1S/C17H13FN2O5.CH2O3.2K/c18-11-6-7-15(14(10-11)20(23)24)25-9-3-8-19-16(21)12-4-1-2-5-13(12)17(19)22;2-1(3)4;;/h1-2,4-7,10H,3,8-9H2;(H2,2,3,4);;/q;;2*+1/p-2. The SMILES string of the molecule is O=C([O-])[O-].O=C1c2ccccc2C(=O)N1CCCOc1ccc(F)cc1[N+](=O)[O-].[K+].[K+]. The molecule has 0 radical (unpaired) electrons. The van der Waals surface area contributed by atoms with Crippen molar-refractivity contribution in [2.75, 3.05) is 13.2 Å². The number of nitrogens with zero attached hydrogens (tertiary/aromatic N) is 2. The molecule has 10 nitrogen and oxygen atoms in total. The van der Waals surface area contributed by atoms with Crippen LogP contribution in [0.25, 0.3) is 0 Å². The molecule has 1 aliphatic rings. The smallest absolute Gasteiger partial charge is 0.652 e. The molecule has 0 saturated carbocycles. The summed E-state index contributed by atoms with van der Waals surface area (Å²) in [4.78, 5) is 44.0. The van der Waals surface area contributed by atoms with E-state index in [-0.39, 0.29) is 133 Å². The van der Waals surface area contributed by atoms with Crippen molar-refractivity contribution in [2.24, 2.45) is 0 Å². The Kier molecular flexibility index (Phi) is 14.1. The molecule has 31 heavy (non-hydrogen) atoms. The predicted molar refractivity (Wildman–Crippen MR) is 90.4 cm³/mol. The fourth-order valence-electron chi connectivity index (χ4n) is 2.60. The number of amides is 2. The Hall–Kier alpha value is -0.747. The summed E-state index contributed by atoms with van der Waals surface area (Å²) in [6.07, 6.45) is -2.04. The van der Waals surface area contributed by atoms with E-state index in [2.05, 4.69) is 0 Å². The van der Waals surface area contributed by atoms with Gasteiger partial charge >= 0.3 is 108 Å². The van der Waals surface area contributed by atoms with Crippen LogP contribution in [0.5, 0.6) is 5.75 Å². The summed E-state index contributed by atoms with van der Waals surface area (Å²) < 4.78 is 18.4. The van der Waals surface area contributed by atoms with Gasteiger partial charge in [0.25, 0.3) is 11.8 Å². The van der Waals surface area contributed by atoms with E-state index in [9.17, 15) is 24.1 Å². The molecule has 1 heterocycles. The van der Waals surface area contributed by atoms with Crippen molar-refractivity contribution >= 4 is 23.7 Å². The number of nitro groups is 1. The number of imide groups is 1. The van der Waals surface area contributed by atoms with Crippen LogP contribution in [0.15, 0.2) is 42.5 Å². The predicted octanol–water partition coefficient (Wildman–Crippen LogP) is -5.64. The molecule has 3 rings (SSSR count). The molecular formula is C18H13FK2N2O8. The Morgan fingerprint density at radius 2 is 1.55 bits per heavy atom. The summed E-state index contributed by atoms with van der Waals surface area (Å²) in [6, 6.07) is 9.57. The number of carbonyl (C=O) groups is 3. The summed E-state index contributed by atoms with van der Waals surface area (Å²) >= 11 is 0. The van der Waals surface area contributed by atoms with Crippen LogP contribution >= 0.6 is 0 Å². The van der Waals surface area contributed by atoms with Crippen LogP contribution in [0.2, 0.25) is 0 Å². The van der Waals surface area contributed by atoms with Gasteiger partial charge in [0, 0.05) is 6.54 Å². The molecule has 0 bridgehead atoms. The number of hydrogen-bond donors (Lipinski definition) is 0. The van der Waals surface area contributed by atoms with Crippen LogP contribution < -0.4 is 118 Å². The van der Waals surface area contributed by atoms with Gasteiger partial charge in [0.2, 0.25) is 0 Å². The van der Waals surface area contributed by atoms with E-state index in [4.69, 9.17) is 19.7 Å². The summed E-state index contributed by atoms with van der Waals surface area (Å²) in [5.74, 6) is -1.53. The number of nitro benzene ring substituents is 1. The maximum Gasteiger partial charge on any atom is 1.00 e. The molecule has 0 aliphatic carbocycles. The summed E-state index contributed by atoms with van der Waals surface area (Å²) in [7, 11) is 0. The van der Waals surface area contributed by atoms with Crippen LogP contribution in [0.3, 0.4) is 0 Å². The third-order valence-electron chi connectivity index (χ3n) is 3.78. The minimum absolute atomic E-state index is 0. The van der Waals surface area contributed by atoms with E-state index in [0.29, 0.717) is 17.5 Å². The molecule has 0 saturated heterocycles. The Morgan fingerprint density at radius 3 is 2.03 bits per heavy atom. The minimum Gasteiger partial charge on any atom is -0.652 e. The van der Waals surface area contributed by atoms with Gasteiger partial charge in [0.1, 0.15) is 5.82 Å². The number of halogens is 1. The number of fused-ring (bicyclic) bond motifs is 1. The van der Waals surface area contributed by atoms with Gasteiger partial charge in [0.05, 0.1) is 28.7 Å².